The molecular weight excluding hydrogens is 234 g/mol. The molecule has 1 aliphatic carbocycles. The minimum Gasteiger partial charge on any atom is -0.261 e. The zero-order chi connectivity index (χ0) is 11.8. The Morgan fingerprint density at radius 3 is 2.71 bits per heavy atom. The molecule has 0 spiro atoms. The van der Waals surface area contributed by atoms with Crippen molar-refractivity contribution in [3.63, 3.8) is 0 Å². The third kappa shape index (κ3) is 2.29. The van der Waals surface area contributed by atoms with Crippen LogP contribution in [0, 0.1) is 6.92 Å². The Morgan fingerprint density at radius 1 is 1.24 bits per heavy atom. The normalized spacial score (nSPS) is 14.9. The van der Waals surface area contributed by atoms with Crippen LogP contribution in [-0.2, 0) is 0 Å². The molecule has 86 valence electrons. The number of nitrogens with zero attached hydrogens (tertiary/aromatic N) is 3. The molecule has 3 rings (SSSR count). The average molecular weight is 246 g/mol. The summed E-state index contributed by atoms with van der Waals surface area (Å²) >= 11 is 6.03. The Hall–Kier alpha value is -1.48. The molecule has 2 aromatic heterocycles. The SMILES string of the molecule is Cc1ccc(-c2nc(Cl)cc(C3CC3)n2)cn1. The first-order valence-electron chi connectivity index (χ1n) is 5.70. The zero-order valence-corrected chi connectivity index (χ0v) is 10.3. The first kappa shape index (κ1) is 10.7. The van der Waals surface area contributed by atoms with Crippen LogP contribution in [0.5, 0.6) is 0 Å². The number of hydrogen-bond donors (Lipinski definition) is 0. The fraction of sp³-hybridized carbons (Fsp3) is 0.308. The summed E-state index contributed by atoms with van der Waals surface area (Å²) in [5.41, 5.74) is 2.96. The second kappa shape index (κ2) is 4.08. The predicted molar refractivity (Wildman–Crippen MR) is 67.0 cm³/mol. The van der Waals surface area contributed by atoms with Crippen molar-refractivity contribution in [2.45, 2.75) is 25.7 Å². The van der Waals surface area contributed by atoms with Crippen LogP contribution in [0.2, 0.25) is 5.15 Å². The monoisotopic (exact) mass is 245 g/mol. The van der Waals surface area contributed by atoms with Gasteiger partial charge in [0.15, 0.2) is 5.82 Å². The first-order valence-corrected chi connectivity index (χ1v) is 6.08. The van der Waals surface area contributed by atoms with E-state index >= 15 is 0 Å². The molecule has 0 saturated heterocycles. The highest BCUT2D eigenvalue weighted by molar-refractivity contribution is 6.29. The number of rotatable bonds is 2. The molecule has 0 N–H and O–H groups in total. The van der Waals surface area contributed by atoms with Gasteiger partial charge in [-0.1, -0.05) is 11.6 Å². The molecule has 17 heavy (non-hydrogen) atoms. The maximum Gasteiger partial charge on any atom is 0.162 e. The molecule has 0 radical (unpaired) electrons. The van der Waals surface area contributed by atoms with Crippen LogP contribution >= 0.6 is 11.6 Å². The van der Waals surface area contributed by atoms with Crippen LogP contribution in [0.25, 0.3) is 11.4 Å². The van der Waals surface area contributed by atoms with Gasteiger partial charge in [0.05, 0.1) is 0 Å². The van der Waals surface area contributed by atoms with E-state index in [2.05, 4.69) is 15.0 Å². The zero-order valence-electron chi connectivity index (χ0n) is 9.52. The van der Waals surface area contributed by atoms with Crippen LogP contribution < -0.4 is 0 Å². The average Bonchev–Trinajstić information content (AvgIpc) is 3.13. The Labute approximate surface area is 105 Å². The molecule has 0 aromatic carbocycles. The summed E-state index contributed by atoms with van der Waals surface area (Å²) in [6.45, 7) is 1.96. The third-order valence-corrected chi connectivity index (χ3v) is 3.07. The van der Waals surface area contributed by atoms with E-state index in [0.29, 0.717) is 16.9 Å². The number of pyridine rings is 1. The van der Waals surface area contributed by atoms with Crippen LogP contribution in [0.3, 0.4) is 0 Å². The van der Waals surface area contributed by atoms with Crippen LogP contribution in [-0.4, -0.2) is 15.0 Å². The van der Waals surface area contributed by atoms with Gasteiger partial charge in [0.25, 0.3) is 0 Å². The van der Waals surface area contributed by atoms with Crippen molar-refractivity contribution in [2.24, 2.45) is 0 Å². The molecule has 0 atom stereocenters. The topological polar surface area (TPSA) is 38.7 Å². The second-order valence-corrected chi connectivity index (χ2v) is 4.79. The number of aryl methyl sites for hydroxylation is 1. The summed E-state index contributed by atoms with van der Waals surface area (Å²) in [6, 6.07) is 5.80. The predicted octanol–water partition coefficient (Wildman–Crippen LogP) is 3.38. The van der Waals surface area contributed by atoms with Crippen molar-refractivity contribution >= 4 is 11.6 Å². The van der Waals surface area contributed by atoms with Crippen LogP contribution in [0.4, 0.5) is 0 Å². The molecule has 0 bridgehead atoms. The number of hydrogen-bond acceptors (Lipinski definition) is 3. The molecular formula is C13H12ClN3. The summed E-state index contributed by atoms with van der Waals surface area (Å²) in [6.07, 6.45) is 4.20. The Balaban J connectivity index is 2.04. The summed E-state index contributed by atoms with van der Waals surface area (Å²) in [4.78, 5) is 13.1. The Kier molecular flexibility index (Phi) is 2.56. The van der Waals surface area contributed by atoms with Gasteiger partial charge in [-0.15, -0.1) is 0 Å². The maximum absolute atomic E-state index is 6.03. The number of aromatic nitrogens is 3. The van der Waals surface area contributed by atoms with E-state index in [0.717, 1.165) is 17.0 Å². The van der Waals surface area contributed by atoms with E-state index in [-0.39, 0.29) is 0 Å². The fourth-order valence-corrected chi connectivity index (χ4v) is 1.94. The van der Waals surface area contributed by atoms with E-state index in [1.807, 2.05) is 25.1 Å². The van der Waals surface area contributed by atoms with E-state index in [1.54, 1.807) is 6.20 Å². The summed E-state index contributed by atoms with van der Waals surface area (Å²) in [5, 5.41) is 0.512. The van der Waals surface area contributed by atoms with Gasteiger partial charge in [-0.05, 0) is 38.0 Å². The lowest BCUT2D eigenvalue weighted by molar-refractivity contribution is 0.992. The van der Waals surface area contributed by atoms with E-state index in [1.165, 1.54) is 12.8 Å². The molecule has 1 aliphatic rings. The quantitative estimate of drug-likeness (QED) is 0.762. The summed E-state index contributed by atoms with van der Waals surface area (Å²) < 4.78 is 0. The van der Waals surface area contributed by atoms with Gasteiger partial charge in [0.1, 0.15) is 5.15 Å². The number of halogens is 1. The highest BCUT2D eigenvalue weighted by atomic mass is 35.5. The molecule has 1 fully saturated rings. The Morgan fingerprint density at radius 2 is 2.06 bits per heavy atom. The third-order valence-electron chi connectivity index (χ3n) is 2.88. The first-order chi connectivity index (χ1) is 8.22. The lowest BCUT2D eigenvalue weighted by Crippen LogP contribution is -1.95. The second-order valence-electron chi connectivity index (χ2n) is 4.40. The van der Waals surface area contributed by atoms with Crippen molar-refractivity contribution < 1.29 is 0 Å². The van der Waals surface area contributed by atoms with Gasteiger partial charge < -0.3 is 0 Å². The Bertz CT molecular complexity index is 547. The van der Waals surface area contributed by atoms with Crippen molar-refractivity contribution in [2.75, 3.05) is 0 Å². The van der Waals surface area contributed by atoms with E-state index < -0.39 is 0 Å². The molecule has 0 amide bonds. The minimum absolute atomic E-state index is 0.512. The molecule has 2 aromatic rings. The largest absolute Gasteiger partial charge is 0.261 e. The lowest BCUT2D eigenvalue weighted by Gasteiger charge is -2.04. The van der Waals surface area contributed by atoms with E-state index in [4.69, 9.17) is 11.6 Å². The van der Waals surface area contributed by atoms with Gasteiger partial charge in [0, 0.05) is 29.1 Å². The van der Waals surface area contributed by atoms with Gasteiger partial charge in [-0.3, -0.25) is 4.98 Å². The smallest absolute Gasteiger partial charge is 0.162 e. The minimum atomic E-state index is 0.512. The van der Waals surface area contributed by atoms with Gasteiger partial charge >= 0.3 is 0 Å². The standard InChI is InChI=1S/C13H12ClN3/c1-8-2-3-10(7-15-8)13-16-11(9-4-5-9)6-12(14)17-13/h2-3,6-7,9H,4-5H2,1H3. The molecule has 3 nitrogen and oxygen atoms in total. The molecule has 0 unspecified atom stereocenters. The van der Waals surface area contributed by atoms with Crippen LogP contribution in [0.1, 0.15) is 30.1 Å². The van der Waals surface area contributed by atoms with Crippen molar-refractivity contribution in [3.05, 3.63) is 40.9 Å². The molecule has 0 aliphatic heterocycles. The summed E-state index contributed by atoms with van der Waals surface area (Å²) in [5.74, 6) is 1.25. The van der Waals surface area contributed by atoms with Crippen molar-refractivity contribution in [3.8, 4) is 11.4 Å². The lowest BCUT2D eigenvalue weighted by atomic mass is 10.2. The highest BCUT2D eigenvalue weighted by Crippen LogP contribution is 2.40. The van der Waals surface area contributed by atoms with Crippen molar-refractivity contribution in [1.82, 2.24) is 15.0 Å². The molecule has 4 heteroatoms. The van der Waals surface area contributed by atoms with Gasteiger partial charge in [0.2, 0.25) is 0 Å². The fourth-order valence-electron chi connectivity index (χ4n) is 1.75. The van der Waals surface area contributed by atoms with Crippen molar-refractivity contribution in [1.29, 1.82) is 0 Å². The highest BCUT2D eigenvalue weighted by Gasteiger charge is 2.26. The van der Waals surface area contributed by atoms with E-state index in [9.17, 15) is 0 Å². The molecule has 1 saturated carbocycles. The van der Waals surface area contributed by atoms with Gasteiger partial charge in [-0.2, -0.15) is 0 Å². The molecule has 2 heterocycles. The maximum atomic E-state index is 6.03. The van der Waals surface area contributed by atoms with Gasteiger partial charge in [-0.25, -0.2) is 9.97 Å². The van der Waals surface area contributed by atoms with Crippen LogP contribution in [0.15, 0.2) is 24.4 Å². The summed E-state index contributed by atoms with van der Waals surface area (Å²) in [7, 11) is 0.